The van der Waals surface area contributed by atoms with Crippen molar-refractivity contribution in [2.24, 2.45) is 0 Å². The van der Waals surface area contributed by atoms with Crippen molar-refractivity contribution in [3.05, 3.63) is 29.8 Å². The van der Waals surface area contributed by atoms with E-state index < -0.39 is 10.1 Å². The summed E-state index contributed by atoms with van der Waals surface area (Å²) in [6.07, 6.45) is 16.0. The lowest BCUT2D eigenvalue weighted by Crippen LogP contribution is -2.46. The number of quaternary nitrogens is 1. The van der Waals surface area contributed by atoms with E-state index in [1.54, 1.807) is 12.1 Å². The fourth-order valence-electron chi connectivity index (χ4n) is 3.84. The van der Waals surface area contributed by atoms with Gasteiger partial charge in [-0.05, 0) is 57.6 Å². The number of rotatable bonds is 17. The first-order valence-electron chi connectivity index (χ1n) is 12.7. The Kier molecular flexibility index (Phi) is 17.9. The first-order valence-corrected chi connectivity index (χ1v) is 14.1. The Morgan fingerprint density at radius 3 is 1.59 bits per heavy atom. The van der Waals surface area contributed by atoms with Crippen LogP contribution in [0.15, 0.2) is 29.2 Å². The highest BCUT2D eigenvalue weighted by atomic mass is 32.2. The third-order valence-electron chi connectivity index (χ3n) is 6.02. The summed E-state index contributed by atoms with van der Waals surface area (Å²) in [7, 11) is -1.83. The average molecular weight is 472 g/mol. The standard InChI is InChI=1S/C19H42NO.C7H8O3S/c1-4-6-8-10-11-13-17-20(3,18-14-15-19-21)16-12-9-7-5-2;1-6-2-4-7(5-3-6)11(8,9)10/h21H,4-19H2,1-3H3;2-5H,1H3,(H,8,9,10)/q+1;/p-1. The largest absolute Gasteiger partial charge is 0.744 e. The van der Waals surface area contributed by atoms with Gasteiger partial charge in [-0.15, -0.1) is 0 Å². The van der Waals surface area contributed by atoms with Gasteiger partial charge in [0.05, 0.1) is 31.6 Å². The highest BCUT2D eigenvalue weighted by molar-refractivity contribution is 7.85. The molecular weight excluding hydrogens is 422 g/mol. The van der Waals surface area contributed by atoms with Crippen molar-refractivity contribution < 1.29 is 22.6 Å². The molecule has 0 aromatic heterocycles. The zero-order chi connectivity index (χ0) is 24.3. The summed E-state index contributed by atoms with van der Waals surface area (Å²) in [5.41, 5.74) is 0.928. The molecular formula is C26H49NO4S. The second kappa shape index (κ2) is 18.5. The van der Waals surface area contributed by atoms with E-state index in [0.717, 1.165) is 12.0 Å². The molecule has 1 atom stereocenters. The van der Waals surface area contributed by atoms with Gasteiger partial charge in [0.2, 0.25) is 0 Å². The van der Waals surface area contributed by atoms with E-state index in [1.165, 1.54) is 107 Å². The Bertz CT molecular complexity index is 661. The van der Waals surface area contributed by atoms with E-state index in [4.69, 9.17) is 5.11 Å². The normalized spacial score (nSPS) is 13.3. The molecule has 0 aliphatic heterocycles. The molecule has 0 spiro atoms. The Balaban J connectivity index is 0.000000726. The lowest BCUT2D eigenvalue weighted by Gasteiger charge is -2.35. The van der Waals surface area contributed by atoms with Gasteiger partial charge in [0.15, 0.2) is 0 Å². The fraction of sp³-hybridized carbons (Fsp3) is 0.769. The Morgan fingerprint density at radius 1 is 0.750 bits per heavy atom. The highest BCUT2D eigenvalue weighted by Crippen LogP contribution is 2.14. The monoisotopic (exact) mass is 471 g/mol. The fourth-order valence-corrected chi connectivity index (χ4v) is 4.31. The molecule has 0 bridgehead atoms. The molecule has 1 N–H and O–H groups in total. The van der Waals surface area contributed by atoms with Crippen molar-refractivity contribution in [3.63, 3.8) is 0 Å². The summed E-state index contributed by atoms with van der Waals surface area (Å²) in [5.74, 6) is 0. The number of hydrogen-bond acceptors (Lipinski definition) is 4. The zero-order valence-electron chi connectivity index (χ0n) is 21.2. The van der Waals surface area contributed by atoms with Crippen molar-refractivity contribution in [3.8, 4) is 0 Å². The maximum absolute atomic E-state index is 10.4. The van der Waals surface area contributed by atoms with E-state index in [-0.39, 0.29) is 4.90 Å². The molecule has 0 amide bonds. The van der Waals surface area contributed by atoms with Crippen LogP contribution in [0, 0.1) is 6.92 Å². The molecule has 6 heteroatoms. The van der Waals surface area contributed by atoms with Crippen molar-refractivity contribution >= 4 is 10.1 Å². The molecule has 1 aromatic rings. The summed E-state index contributed by atoms with van der Waals surface area (Å²) in [6, 6.07) is 5.78. The smallest absolute Gasteiger partial charge is 0.124 e. The van der Waals surface area contributed by atoms with Gasteiger partial charge in [0.1, 0.15) is 10.1 Å². The maximum Gasteiger partial charge on any atom is 0.124 e. The number of unbranched alkanes of at least 4 members (excludes halogenated alkanes) is 9. The Labute approximate surface area is 198 Å². The highest BCUT2D eigenvalue weighted by Gasteiger charge is 2.19. The van der Waals surface area contributed by atoms with E-state index in [1.807, 2.05) is 6.92 Å². The van der Waals surface area contributed by atoms with Crippen molar-refractivity contribution in [1.29, 1.82) is 0 Å². The molecule has 0 aliphatic rings. The topological polar surface area (TPSA) is 77.4 Å². The van der Waals surface area contributed by atoms with Crippen molar-refractivity contribution in [2.45, 2.75) is 103 Å². The molecule has 0 saturated heterocycles. The van der Waals surface area contributed by atoms with Crippen LogP contribution in [0.25, 0.3) is 0 Å². The van der Waals surface area contributed by atoms with Crippen LogP contribution in [0.2, 0.25) is 0 Å². The Morgan fingerprint density at radius 2 is 1.16 bits per heavy atom. The molecule has 0 saturated carbocycles. The predicted octanol–water partition coefficient (Wildman–Crippen LogP) is 6.05. The van der Waals surface area contributed by atoms with Crippen LogP contribution in [-0.2, 0) is 10.1 Å². The van der Waals surface area contributed by atoms with E-state index in [9.17, 15) is 13.0 Å². The van der Waals surface area contributed by atoms with Gasteiger partial charge in [-0.1, -0.05) is 70.1 Å². The predicted molar refractivity (Wildman–Crippen MR) is 134 cm³/mol. The van der Waals surface area contributed by atoms with Crippen molar-refractivity contribution in [2.75, 3.05) is 33.3 Å². The van der Waals surface area contributed by atoms with Gasteiger partial charge in [0, 0.05) is 6.61 Å². The summed E-state index contributed by atoms with van der Waals surface area (Å²) < 4.78 is 32.4. The van der Waals surface area contributed by atoms with Gasteiger partial charge < -0.3 is 14.1 Å². The number of benzene rings is 1. The van der Waals surface area contributed by atoms with Gasteiger partial charge >= 0.3 is 0 Å². The van der Waals surface area contributed by atoms with Gasteiger partial charge in [-0.2, -0.15) is 0 Å². The summed E-state index contributed by atoms with van der Waals surface area (Å²) in [5, 5.41) is 9.00. The van der Waals surface area contributed by atoms with Gasteiger partial charge in [-0.3, -0.25) is 0 Å². The molecule has 0 fully saturated rings. The number of aliphatic hydroxyl groups excluding tert-OH is 1. The third-order valence-corrected chi connectivity index (χ3v) is 6.87. The summed E-state index contributed by atoms with van der Waals surface area (Å²) >= 11 is 0. The molecule has 5 nitrogen and oxygen atoms in total. The van der Waals surface area contributed by atoms with E-state index >= 15 is 0 Å². The molecule has 0 radical (unpaired) electrons. The van der Waals surface area contributed by atoms with Gasteiger partial charge in [-0.25, -0.2) is 8.42 Å². The molecule has 1 aromatic carbocycles. The molecule has 32 heavy (non-hydrogen) atoms. The number of aliphatic hydroxyl groups is 1. The van der Waals surface area contributed by atoms with Crippen LogP contribution in [0.3, 0.4) is 0 Å². The quantitative estimate of drug-likeness (QED) is 0.170. The number of nitrogens with zero attached hydrogens (tertiary/aromatic N) is 1. The SMILES string of the molecule is CCCCCCCC[N+](C)(CCCCO)CCCCCC.Cc1ccc(S(=O)(=O)[O-])cc1. The maximum atomic E-state index is 10.4. The van der Waals surface area contributed by atoms with Gasteiger partial charge in [0.25, 0.3) is 0 Å². The lowest BCUT2D eigenvalue weighted by atomic mass is 10.1. The Hall–Kier alpha value is -0.950. The molecule has 0 aliphatic carbocycles. The zero-order valence-corrected chi connectivity index (χ0v) is 22.0. The molecule has 0 heterocycles. The first kappa shape index (κ1) is 31.0. The lowest BCUT2D eigenvalue weighted by molar-refractivity contribution is -0.910. The van der Waals surface area contributed by atoms with Crippen LogP contribution >= 0.6 is 0 Å². The summed E-state index contributed by atoms with van der Waals surface area (Å²) in [6.45, 7) is 10.7. The van der Waals surface area contributed by atoms with Crippen LogP contribution in [0.4, 0.5) is 0 Å². The minimum Gasteiger partial charge on any atom is -0.744 e. The third kappa shape index (κ3) is 16.7. The average Bonchev–Trinajstić information content (AvgIpc) is 2.74. The van der Waals surface area contributed by atoms with Crippen molar-refractivity contribution in [1.82, 2.24) is 0 Å². The second-order valence-electron chi connectivity index (χ2n) is 9.32. The summed E-state index contributed by atoms with van der Waals surface area (Å²) in [4.78, 5) is -0.178. The molecule has 1 rings (SSSR count). The minimum absolute atomic E-state index is 0.178. The first-order chi connectivity index (χ1) is 15.2. The van der Waals surface area contributed by atoms with Crippen LogP contribution in [0.1, 0.15) is 96.5 Å². The van der Waals surface area contributed by atoms with E-state index in [2.05, 4.69) is 20.9 Å². The number of hydrogen-bond donors (Lipinski definition) is 1. The number of aryl methyl sites for hydroxylation is 1. The molecule has 188 valence electrons. The minimum atomic E-state index is -4.27. The second-order valence-corrected chi connectivity index (χ2v) is 10.7. The van der Waals surface area contributed by atoms with Crippen LogP contribution in [-0.4, -0.2) is 55.8 Å². The van der Waals surface area contributed by atoms with E-state index in [0.29, 0.717) is 6.61 Å². The van der Waals surface area contributed by atoms with Crippen LogP contribution < -0.4 is 0 Å². The van der Waals surface area contributed by atoms with Crippen LogP contribution in [0.5, 0.6) is 0 Å². The molecule has 1 unspecified atom stereocenters.